The SMILES string of the molecule is Cc1ncoc1-c1nc(C2CCNCC2)no1. The molecule has 0 aliphatic carbocycles. The van der Waals surface area contributed by atoms with Gasteiger partial charge in [-0.3, -0.25) is 0 Å². The van der Waals surface area contributed by atoms with E-state index in [2.05, 4.69) is 20.4 Å². The summed E-state index contributed by atoms with van der Waals surface area (Å²) in [6, 6.07) is 0. The van der Waals surface area contributed by atoms with Crippen molar-refractivity contribution in [2.75, 3.05) is 13.1 Å². The van der Waals surface area contributed by atoms with E-state index in [-0.39, 0.29) is 0 Å². The zero-order chi connectivity index (χ0) is 11.7. The second-order valence-corrected chi connectivity index (χ2v) is 4.25. The van der Waals surface area contributed by atoms with E-state index in [4.69, 9.17) is 8.94 Å². The first-order chi connectivity index (χ1) is 8.34. The molecule has 1 N–H and O–H groups in total. The van der Waals surface area contributed by atoms with Crippen LogP contribution in [0, 0.1) is 6.92 Å². The van der Waals surface area contributed by atoms with Crippen LogP contribution in [0.2, 0.25) is 0 Å². The number of rotatable bonds is 2. The van der Waals surface area contributed by atoms with Crippen molar-refractivity contribution in [3.63, 3.8) is 0 Å². The molecule has 17 heavy (non-hydrogen) atoms. The summed E-state index contributed by atoms with van der Waals surface area (Å²) in [4.78, 5) is 8.41. The molecule has 1 fully saturated rings. The van der Waals surface area contributed by atoms with Crippen molar-refractivity contribution in [2.24, 2.45) is 0 Å². The van der Waals surface area contributed by atoms with Crippen LogP contribution < -0.4 is 5.32 Å². The van der Waals surface area contributed by atoms with Crippen molar-refractivity contribution in [3.8, 4) is 11.7 Å². The van der Waals surface area contributed by atoms with E-state index in [1.54, 1.807) is 0 Å². The molecule has 0 amide bonds. The Hall–Kier alpha value is -1.69. The molecule has 0 aromatic carbocycles. The highest BCUT2D eigenvalue weighted by atomic mass is 16.5. The molecule has 2 aromatic heterocycles. The summed E-state index contributed by atoms with van der Waals surface area (Å²) < 4.78 is 10.5. The molecule has 90 valence electrons. The minimum absolute atomic E-state index is 0.386. The van der Waals surface area contributed by atoms with E-state index in [0.717, 1.165) is 37.4 Å². The standard InChI is InChI=1S/C11H14N4O2/c1-7-9(16-6-13-7)11-14-10(15-17-11)8-2-4-12-5-3-8/h6,8,12H,2-5H2,1H3. The maximum absolute atomic E-state index is 5.23. The molecule has 0 radical (unpaired) electrons. The van der Waals surface area contributed by atoms with Crippen molar-refractivity contribution in [1.29, 1.82) is 0 Å². The Bertz CT molecular complexity index is 499. The number of nitrogens with one attached hydrogen (secondary N) is 1. The Morgan fingerprint density at radius 3 is 2.88 bits per heavy atom. The minimum Gasteiger partial charge on any atom is -0.438 e. The topological polar surface area (TPSA) is 77.0 Å². The molecule has 0 saturated carbocycles. The molecule has 0 bridgehead atoms. The molecule has 0 atom stereocenters. The van der Waals surface area contributed by atoms with E-state index in [1.165, 1.54) is 6.39 Å². The summed E-state index contributed by atoms with van der Waals surface area (Å²) in [5.74, 6) is 2.15. The number of oxazole rings is 1. The van der Waals surface area contributed by atoms with Gasteiger partial charge in [-0.1, -0.05) is 5.16 Å². The number of aromatic nitrogens is 3. The van der Waals surface area contributed by atoms with Gasteiger partial charge < -0.3 is 14.3 Å². The average molecular weight is 234 g/mol. The molecule has 6 heteroatoms. The first kappa shape index (κ1) is 10.5. The number of aryl methyl sites for hydroxylation is 1. The lowest BCUT2D eigenvalue weighted by atomic mass is 9.98. The maximum Gasteiger partial charge on any atom is 0.295 e. The minimum atomic E-state index is 0.386. The van der Waals surface area contributed by atoms with Crippen LogP contribution in [0.4, 0.5) is 0 Å². The monoisotopic (exact) mass is 234 g/mol. The molecule has 0 unspecified atom stereocenters. The predicted octanol–water partition coefficient (Wildman–Crippen LogP) is 1.50. The van der Waals surface area contributed by atoms with Crippen LogP contribution in [0.3, 0.4) is 0 Å². The van der Waals surface area contributed by atoms with Crippen LogP contribution in [0.1, 0.15) is 30.3 Å². The fourth-order valence-corrected chi connectivity index (χ4v) is 2.08. The molecule has 3 heterocycles. The summed E-state index contributed by atoms with van der Waals surface area (Å²) >= 11 is 0. The summed E-state index contributed by atoms with van der Waals surface area (Å²) in [6.45, 7) is 3.87. The first-order valence-corrected chi connectivity index (χ1v) is 5.79. The van der Waals surface area contributed by atoms with Gasteiger partial charge in [0.25, 0.3) is 5.89 Å². The molecule has 1 aliphatic rings. The van der Waals surface area contributed by atoms with E-state index in [9.17, 15) is 0 Å². The molecule has 1 aliphatic heterocycles. The van der Waals surface area contributed by atoms with Gasteiger partial charge in [-0.05, 0) is 32.9 Å². The van der Waals surface area contributed by atoms with Crippen LogP contribution in [0.15, 0.2) is 15.3 Å². The molecule has 3 rings (SSSR count). The van der Waals surface area contributed by atoms with Crippen LogP contribution in [-0.4, -0.2) is 28.2 Å². The number of piperidine rings is 1. The van der Waals surface area contributed by atoms with Gasteiger partial charge in [0.05, 0.1) is 5.69 Å². The lowest BCUT2D eigenvalue weighted by molar-refractivity contribution is 0.385. The van der Waals surface area contributed by atoms with E-state index < -0.39 is 0 Å². The highest BCUT2D eigenvalue weighted by molar-refractivity contribution is 5.46. The zero-order valence-electron chi connectivity index (χ0n) is 9.64. The van der Waals surface area contributed by atoms with Crippen molar-refractivity contribution in [1.82, 2.24) is 20.4 Å². The fourth-order valence-electron chi connectivity index (χ4n) is 2.08. The van der Waals surface area contributed by atoms with Crippen LogP contribution >= 0.6 is 0 Å². The van der Waals surface area contributed by atoms with Gasteiger partial charge in [0, 0.05) is 5.92 Å². The molecule has 2 aromatic rings. The molecule has 0 spiro atoms. The number of nitrogens with zero attached hydrogens (tertiary/aromatic N) is 3. The van der Waals surface area contributed by atoms with E-state index in [1.807, 2.05) is 6.92 Å². The van der Waals surface area contributed by atoms with Gasteiger partial charge >= 0.3 is 0 Å². The van der Waals surface area contributed by atoms with Crippen LogP contribution in [-0.2, 0) is 0 Å². The Morgan fingerprint density at radius 2 is 2.18 bits per heavy atom. The smallest absolute Gasteiger partial charge is 0.295 e. The molecule has 1 saturated heterocycles. The van der Waals surface area contributed by atoms with Crippen molar-refractivity contribution in [2.45, 2.75) is 25.7 Å². The molecular weight excluding hydrogens is 220 g/mol. The normalized spacial score (nSPS) is 17.5. The summed E-state index contributed by atoms with van der Waals surface area (Å²) in [5.41, 5.74) is 0.769. The van der Waals surface area contributed by atoms with Gasteiger partial charge in [0.2, 0.25) is 5.76 Å². The highest BCUT2D eigenvalue weighted by Gasteiger charge is 2.22. The lowest BCUT2D eigenvalue weighted by Crippen LogP contribution is -2.27. The van der Waals surface area contributed by atoms with Crippen LogP contribution in [0.25, 0.3) is 11.7 Å². The third-order valence-corrected chi connectivity index (χ3v) is 3.09. The predicted molar refractivity (Wildman–Crippen MR) is 59.4 cm³/mol. The second kappa shape index (κ2) is 4.29. The van der Waals surface area contributed by atoms with Crippen molar-refractivity contribution < 1.29 is 8.94 Å². The van der Waals surface area contributed by atoms with Gasteiger partial charge in [-0.2, -0.15) is 4.98 Å². The maximum atomic E-state index is 5.23. The third kappa shape index (κ3) is 1.95. The Balaban J connectivity index is 1.85. The quantitative estimate of drug-likeness (QED) is 0.848. The Morgan fingerprint density at radius 1 is 1.35 bits per heavy atom. The van der Waals surface area contributed by atoms with E-state index >= 15 is 0 Å². The van der Waals surface area contributed by atoms with Gasteiger partial charge in [0.1, 0.15) is 0 Å². The fraction of sp³-hybridized carbons (Fsp3) is 0.545. The van der Waals surface area contributed by atoms with Crippen molar-refractivity contribution in [3.05, 3.63) is 17.9 Å². The Labute approximate surface area is 98.4 Å². The highest BCUT2D eigenvalue weighted by Crippen LogP contribution is 2.26. The second-order valence-electron chi connectivity index (χ2n) is 4.25. The van der Waals surface area contributed by atoms with Crippen LogP contribution in [0.5, 0.6) is 0 Å². The molecule has 6 nitrogen and oxygen atoms in total. The number of hydrogen-bond donors (Lipinski definition) is 1. The lowest BCUT2D eigenvalue weighted by Gasteiger charge is -2.18. The zero-order valence-corrected chi connectivity index (χ0v) is 9.64. The third-order valence-electron chi connectivity index (χ3n) is 3.09. The van der Waals surface area contributed by atoms with E-state index in [0.29, 0.717) is 17.6 Å². The first-order valence-electron chi connectivity index (χ1n) is 5.79. The van der Waals surface area contributed by atoms with Gasteiger partial charge in [0.15, 0.2) is 12.2 Å². The largest absolute Gasteiger partial charge is 0.438 e. The Kier molecular flexibility index (Phi) is 2.64. The summed E-state index contributed by atoms with van der Waals surface area (Å²) in [7, 11) is 0. The van der Waals surface area contributed by atoms with Crippen molar-refractivity contribution >= 4 is 0 Å². The summed E-state index contributed by atoms with van der Waals surface area (Å²) in [6.07, 6.45) is 3.49. The summed E-state index contributed by atoms with van der Waals surface area (Å²) in [5, 5.41) is 7.35. The van der Waals surface area contributed by atoms with Gasteiger partial charge in [-0.25, -0.2) is 4.98 Å². The molecular formula is C11H14N4O2. The number of hydrogen-bond acceptors (Lipinski definition) is 6. The average Bonchev–Trinajstić information content (AvgIpc) is 2.98. The van der Waals surface area contributed by atoms with Gasteiger partial charge in [-0.15, -0.1) is 0 Å².